The minimum absolute atomic E-state index is 0.0312. The Kier molecular flexibility index (Phi) is 7.51. The molecule has 2 N–H and O–H groups in total. The summed E-state index contributed by atoms with van der Waals surface area (Å²) in [5.41, 5.74) is 8.69. The second-order valence-electron chi connectivity index (χ2n) is 8.05. The number of likely N-dealkylation sites (tertiary alicyclic amines) is 1. The predicted octanol–water partition coefficient (Wildman–Crippen LogP) is 3.47. The summed E-state index contributed by atoms with van der Waals surface area (Å²) >= 11 is 0. The van der Waals surface area contributed by atoms with Gasteiger partial charge in [0.2, 0.25) is 5.91 Å². The molecule has 1 aliphatic rings. The van der Waals surface area contributed by atoms with Gasteiger partial charge in [-0.1, -0.05) is 0 Å². The van der Waals surface area contributed by atoms with Crippen molar-refractivity contribution in [1.29, 1.82) is 5.26 Å². The number of carbonyl (C=O) groups is 2. The van der Waals surface area contributed by atoms with E-state index < -0.39 is 5.92 Å². The second-order valence-corrected chi connectivity index (χ2v) is 8.05. The van der Waals surface area contributed by atoms with E-state index in [9.17, 15) is 18.4 Å². The standard InChI is InChI=1S/C18H14N4O2.C6H11F2N/c19-9-12-1-3-15(4-2-12)22-16(5-6-17(20)24)8-14-7-13(11-23)10-21-18(14)22;1-9-4-2-6(7,8)3-5-9/h1-4,7-8,10-11H,5-6H2,(H2,20,24);2-5H2,1H3. The molecule has 0 atom stereocenters. The first-order chi connectivity index (χ1) is 15.7. The number of pyridine rings is 1. The molecule has 9 heteroatoms. The quantitative estimate of drug-likeness (QED) is 0.596. The topological polar surface area (TPSA) is 105 Å². The average molecular weight is 453 g/mol. The first kappa shape index (κ1) is 24.0. The number of halogens is 2. The minimum atomic E-state index is -2.38. The molecule has 3 aromatic rings. The molecule has 33 heavy (non-hydrogen) atoms. The third kappa shape index (κ3) is 6.20. The zero-order valence-corrected chi connectivity index (χ0v) is 18.3. The first-order valence-corrected chi connectivity index (χ1v) is 10.5. The molecule has 1 aromatic carbocycles. The fraction of sp³-hybridized carbons (Fsp3) is 0.333. The van der Waals surface area contributed by atoms with Crippen LogP contribution in [0.4, 0.5) is 8.78 Å². The van der Waals surface area contributed by atoms with Gasteiger partial charge in [-0.2, -0.15) is 5.26 Å². The number of piperidine rings is 1. The number of alkyl halides is 2. The van der Waals surface area contributed by atoms with Crippen molar-refractivity contribution in [3.8, 4) is 11.8 Å². The van der Waals surface area contributed by atoms with Crippen LogP contribution in [0.3, 0.4) is 0 Å². The number of nitrogens with two attached hydrogens (primary N) is 1. The number of primary amides is 1. The fourth-order valence-corrected chi connectivity index (χ4v) is 3.58. The van der Waals surface area contributed by atoms with Gasteiger partial charge in [-0.05, 0) is 49.9 Å². The number of rotatable bonds is 5. The van der Waals surface area contributed by atoms with Gasteiger partial charge in [-0.3, -0.25) is 14.2 Å². The van der Waals surface area contributed by atoms with Gasteiger partial charge < -0.3 is 10.6 Å². The summed E-state index contributed by atoms with van der Waals surface area (Å²) in [5, 5.41) is 9.74. The third-order valence-electron chi connectivity index (χ3n) is 5.47. The van der Waals surface area contributed by atoms with Gasteiger partial charge in [-0.15, -0.1) is 0 Å². The molecule has 1 amide bonds. The molecule has 0 unspecified atom stereocenters. The van der Waals surface area contributed by atoms with E-state index in [4.69, 9.17) is 11.0 Å². The predicted molar refractivity (Wildman–Crippen MR) is 120 cm³/mol. The lowest BCUT2D eigenvalue weighted by Gasteiger charge is -2.28. The van der Waals surface area contributed by atoms with Gasteiger partial charge in [0.05, 0.1) is 11.6 Å². The van der Waals surface area contributed by atoms with Gasteiger partial charge in [0, 0.05) is 60.9 Å². The molecule has 1 saturated heterocycles. The smallest absolute Gasteiger partial charge is 0.250 e. The van der Waals surface area contributed by atoms with Crippen molar-refractivity contribution in [3.63, 3.8) is 0 Å². The van der Waals surface area contributed by atoms with Crippen LogP contribution >= 0.6 is 0 Å². The van der Waals surface area contributed by atoms with E-state index in [0.717, 1.165) is 23.1 Å². The van der Waals surface area contributed by atoms with Gasteiger partial charge in [0.1, 0.15) is 5.65 Å². The summed E-state index contributed by atoms with van der Waals surface area (Å²) in [6, 6.07) is 12.8. The monoisotopic (exact) mass is 453 g/mol. The van der Waals surface area contributed by atoms with Crippen molar-refractivity contribution in [1.82, 2.24) is 14.5 Å². The number of nitriles is 1. The molecule has 1 fully saturated rings. The molecule has 7 nitrogen and oxygen atoms in total. The number of benzene rings is 1. The Morgan fingerprint density at radius 2 is 1.91 bits per heavy atom. The Hall–Kier alpha value is -3.64. The number of aldehydes is 1. The number of fused-ring (bicyclic) bond motifs is 1. The van der Waals surface area contributed by atoms with Crippen molar-refractivity contribution in [2.75, 3.05) is 20.1 Å². The number of aromatic nitrogens is 2. The Labute approximate surface area is 190 Å². The van der Waals surface area contributed by atoms with Crippen LogP contribution in [0.15, 0.2) is 42.6 Å². The fourth-order valence-electron chi connectivity index (χ4n) is 3.58. The van der Waals surface area contributed by atoms with E-state index in [1.54, 1.807) is 18.2 Å². The average Bonchev–Trinajstić information content (AvgIpc) is 3.17. The summed E-state index contributed by atoms with van der Waals surface area (Å²) < 4.78 is 26.6. The molecule has 0 radical (unpaired) electrons. The van der Waals surface area contributed by atoms with E-state index in [1.165, 1.54) is 6.20 Å². The molecule has 3 heterocycles. The Bertz CT molecular complexity index is 1170. The summed E-state index contributed by atoms with van der Waals surface area (Å²) in [5.74, 6) is -2.76. The third-order valence-corrected chi connectivity index (χ3v) is 5.47. The normalized spacial score (nSPS) is 15.3. The van der Waals surface area contributed by atoms with Crippen LogP contribution in [0, 0.1) is 11.3 Å². The number of hydrogen-bond acceptors (Lipinski definition) is 5. The maximum atomic E-state index is 12.4. The van der Waals surface area contributed by atoms with Crippen LogP contribution < -0.4 is 5.73 Å². The number of carbonyl (C=O) groups excluding carboxylic acids is 2. The van der Waals surface area contributed by atoms with Crippen molar-refractivity contribution < 1.29 is 18.4 Å². The van der Waals surface area contributed by atoms with E-state index in [1.807, 2.05) is 34.7 Å². The van der Waals surface area contributed by atoms with Gasteiger partial charge in [0.15, 0.2) is 6.29 Å². The maximum Gasteiger partial charge on any atom is 0.250 e. The van der Waals surface area contributed by atoms with Crippen LogP contribution in [0.5, 0.6) is 0 Å². The zero-order valence-electron chi connectivity index (χ0n) is 18.3. The summed E-state index contributed by atoms with van der Waals surface area (Å²) in [6.07, 6.45) is 2.99. The number of hydrogen-bond donors (Lipinski definition) is 1. The van der Waals surface area contributed by atoms with Crippen LogP contribution in [-0.4, -0.2) is 52.7 Å². The zero-order chi connectivity index (χ0) is 24.0. The lowest BCUT2D eigenvalue weighted by Crippen LogP contribution is -2.36. The van der Waals surface area contributed by atoms with E-state index in [0.29, 0.717) is 36.3 Å². The van der Waals surface area contributed by atoms with E-state index >= 15 is 0 Å². The van der Waals surface area contributed by atoms with E-state index in [-0.39, 0.29) is 25.2 Å². The highest BCUT2D eigenvalue weighted by Crippen LogP contribution is 2.27. The summed E-state index contributed by atoms with van der Waals surface area (Å²) in [4.78, 5) is 28.4. The highest BCUT2D eigenvalue weighted by Gasteiger charge is 2.32. The van der Waals surface area contributed by atoms with Gasteiger partial charge in [-0.25, -0.2) is 13.8 Å². The number of nitrogens with zero attached hydrogens (tertiary/aromatic N) is 4. The molecule has 1 aliphatic heterocycles. The van der Waals surface area contributed by atoms with Crippen LogP contribution in [0.1, 0.15) is 40.9 Å². The highest BCUT2D eigenvalue weighted by atomic mass is 19.3. The number of aryl methyl sites for hydroxylation is 1. The van der Waals surface area contributed by atoms with Crippen LogP contribution in [0.2, 0.25) is 0 Å². The van der Waals surface area contributed by atoms with Crippen molar-refractivity contribution in [3.05, 3.63) is 59.4 Å². The van der Waals surface area contributed by atoms with E-state index in [2.05, 4.69) is 11.1 Å². The number of amides is 1. The molecule has 2 aromatic heterocycles. The summed E-state index contributed by atoms with van der Waals surface area (Å²) in [7, 11) is 1.87. The van der Waals surface area contributed by atoms with Gasteiger partial charge in [0.25, 0.3) is 5.92 Å². The maximum absolute atomic E-state index is 12.4. The largest absolute Gasteiger partial charge is 0.370 e. The highest BCUT2D eigenvalue weighted by molar-refractivity contribution is 5.86. The molecule has 0 bridgehead atoms. The molecule has 4 rings (SSSR count). The second kappa shape index (κ2) is 10.3. The lowest BCUT2D eigenvalue weighted by molar-refractivity contribution is -0.118. The Morgan fingerprint density at radius 1 is 1.24 bits per heavy atom. The first-order valence-electron chi connectivity index (χ1n) is 10.5. The minimum Gasteiger partial charge on any atom is -0.370 e. The molecular formula is C24H25F2N5O2. The Morgan fingerprint density at radius 3 is 2.45 bits per heavy atom. The van der Waals surface area contributed by atoms with Crippen LogP contribution in [-0.2, 0) is 11.2 Å². The van der Waals surface area contributed by atoms with Crippen molar-refractivity contribution >= 4 is 23.2 Å². The SMILES string of the molecule is CN1CCC(F)(F)CC1.N#Cc1ccc(-n2c(CCC(N)=O)cc3cc(C=O)cnc32)cc1. The molecule has 0 saturated carbocycles. The Balaban J connectivity index is 0.000000286. The lowest BCUT2D eigenvalue weighted by atomic mass is 10.1. The summed E-state index contributed by atoms with van der Waals surface area (Å²) in [6.45, 7) is 1.07. The van der Waals surface area contributed by atoms with Crippen LogP contribution in [0.25, 0.3) is 16.7 Å². The molecule has 172 valence electrons. The molecule has 0 aliphatic carbocycles. The van der Waals surface area contributed by atoms with Crippen molar-refractivity contribution in [2.24, 2.45) is 5.73 Å². The molecular weight excluding hydrogens is 428 g/mol. The van der Waals surface area contributed by atoms with Crippen molar-refractivity contribution in [2.45, 2.75) is 31.6 Å². The van der Waals surface area contributed by atoms with Gasteiger partial charge >= 0.3 is 0 Å². The molecule has 0 spiro atoms.